The van der Waals surface area contributed by atoms with Gasteiger partial charge in [0.2, 0.25) is 5.91 Å². The highest BCUT2D eigenvalue weighted by atomic mass is 35.5. The van der Waals surface area contributed by atoms with Crippen LogP contribution in [0.5, 0.6) is 5.75 Å². The molecule has 0 aliphatic heterocycles. The van der Waals surface area contributed by atoms with Gasteiger partial charge in [0.15, 0.2) is 0 Å². The Kier molecular flexibility index (Phi) is 5.44. The smallest absolute Gasteiger partial charge is 0.230 e. The van der Waals surface area contributed by atoms with Gasteiger partial charge in [-0.3, -0.25) is 4.79 Å². The lowest BCUT2D eigenvalue weighted by Crippen LogP contribution is -2.14. The molecule has 4 rings (SSSR count). The first kappa shape index (κ1) is 19.0. The summed E-state index contributed by atoms with van der Waals surface area (Å²) in [5, 5.41) is 3.51. The van der Waals surface area contributed by atoms with E-state index in [1.807, 2.05) is 24.3 Å². The fraction of sp³-hybridized carbons (Fsp3) is 0.0909. The average Bonchev–Trinajstić information content (AvgIpc) is 3.09. The molecule has 0 saturated heterocycles. The number of hydrogen-bond donors (Lipinski definition) is 1. The highest BCUT2D eigenvalue weighted by Gasteiger charge is 2.09. The number of hydrogen-bond acceptors (Lipinski definition) is 3. The first-order valence-corrected chi connectivity index (χ1v) is 9.33. The molecule has 0 unspecified atom stereocenters. The number of ether oxygens (including phenoxy) is 1. The van der Waals surface area contributed by atoms with Gasteiger partial charge in [-0.05, 0) is 54.1 Å². The molecule has 2 heterocycles. The van der Waals surface area contributed by atoms with Crippen molar-refractivity contribution in [2.75, 3.05) is 5.32 Å². The van der Waals surface area contributed by atoms with Gasteiger partial charge in [-0.25, -0.2) is 9.37 Å². The van der Waals surface area contributed by atoms with Crippen LogP contribution >= 0.6 is 11.6 Å². The summed E-state index contributed by atoms with van der Waals surface area (Å²) in [4.78, 5) is 16.6. The third-order valence-corrected chi connectivity index (χ3v) is 4.52. The lowest BCUT2D eigenvalue weighted by molar-refractivity contribution is -0.115. The summed E-state index contributed by atoms with van der Waals surface area (Å²) >= 11 is 5.87. The summed E-state index contributed by atoms with van der Waals surface area (Å²) in [7, 11) is 0. The van der Waals surface area contributed by atoms with E-state index in [4.69, 9.17) is 16.3 Å². The molecular weight excluding hydrogens is 393 g/mol. The summed E-state index contributed by atoms with van der Waals surface area (Å²) in [6.07, 6.45) is 3.07. The van der Waals surface area contributed by atoms with Crippen LogP contribution in [0.15, 0.2) is 73.1 Å². The van der Waals surface area contributed by atoms with Crippen molar-refractivity contribution in [1.82, 2.24) is 9.38 Å². The van der Waals surface area contributed by atoms with Gasteiger partial charge in [0, 0.05) is 23.1 Å². The third kappa shape index (κ3) is 4.92. The highest BCUT2D eigenvalue weighted by Crippen LogP contribution is 2.18. The van der Waals surface area contributed by atoms with E-state index in [1.165, 1.54) is 12.3 Å². The number of imidazole rings is 1. The van der Waals surface area contributed by atoms with Crippen LogP contribution in [0, 0.1) is 5.82 Å². The van der Waals surface area contributed by atoms with Crippen molar-refractivity contribution in [1.29, 1.82) is 0 Å². The highest BCUT2D eigenvalue weighted by molar-refractivity contribution is 6.30. The van der Waals surface area contributed by atoms with E-state index < -0.39 is 0 Å². The van der Waals surface area contributed by atoms with E-state index in [2.05, 4.69) is 10.3 Å². The molecule has 2 aromatic carbocycles. The fourth-order valence-corrected chi connectivity index (χ4v) is 2.98. The molecule has 2 aromatic heterocycles. The molecule has 29 heavy (non-hydrogen) atoms. The Labute approximate surface area is 171 Å². The van der Waals surface area contributed by atoms with Gasteiger partial charge < -0.3 is 14.5 Å². The Morgan fingerprint density at radius 2 is 1.79 bits per heavy atom. The maximum Gasteiger partial charge on any atom is 0.230 e. The molecule has 7 heteroatoms. The largest absolute Gasteiger partial charge is 0.489 e. The Morgan fingerprint density at radius 1 is 1.03 bits per heavy atom. The van der Waals surface area contributed by atoms with Gasteiger partial charge in [-0.2, -0.15) is 0 Å². The monoisotopic (exact) mass is 409 g/mol. The second-order valence-corrected chi connectivity index (χ2v) is 6.95. The normalized spacial score (nSPS) is 10.8. The minimum atomic E-state index is -0.357. The quantitative estimate of drug-likeness (QED) is 0.493. The number of nitrogens with one attached hydrogen (secondary N) is 1. The number of aromatic nitrogens is 2. The summed E-state index contributed by atoms with van der Waals surface area (Å²) in [5.41, 5.74) is 2.83. The molecule has 0 fully saturated rings. The van der Waals surface area contributed by atoms with Gasteiger partial charge in [-0.15, -0.1) is 0 Å². The third-order valence-electron chi connectivity index (χ3n) is 4.26. The zero-order valence-corrected chi connectivity index (χ0v) is 16.1. The van der Waals surface area contributed by atoms with Crippen molar-refractivity contribution < 1.29 is 13.9 Å². The molecule has 5 nitrogen and oxygen atoms in total. The van der Waals surface area contributed by atoms with Crippen molar-refractivity contribution in [3.05, 3.63) is 95.2 Å². The lowest BCUT2D eigenvalue weighted by atomic mass is 10.2. The zero-order valence-electron chi connectivity index (χ0n) is 15.3. The number of amides is 1. The number of anilines is 1. The van der Waals surface area contributed by atoms with Gasteiger partial charge in [0.25, 0.3) is 0 Å². The van der Waals surface area contributed by atoms with Crippen LogP contribution in [0.1, 0.15) is 11.3 Å². The second-order valence-electron chi connectivity index (χ2n) is 6.51. The molecule has 0 radical (unpaired) electrons. The summed E-state index contributed by atoms with van der Waals surface area (Å²) in [5.74, 6) is 0.133. The number of rotatable bonds is 6. The molecule has 1 amide bonds. The summed E-state index contributed by atoms with van der Waals surface area (Å²) in [6, 6.07) is 17.5. The van der Waals surface area contributed by atoms with Crippen molar-refractivity contribution in [3.8, 4) is 5.75 Å². The van der Waals surface area contributed by atoms with Gasteiger partial charge in [0.1, 0.15) is 23.8 Å². The van der Waals surface area contributed by atoms with Crippen molar-refractivity contribution in [3.63, 3.8) is 0 Å². The predicted molar refractivity (Wildman–Crippen MR) is 110 cm³/mol. The average molecular weight is 410 g/mol. The summed E-state index contributed by atoms with van der Waals surface area (Å²) < 4.78 is 20.5. The second kappa shape index (κ2) is 8.32. The maximum atomic E-state index is 13.3. The van der Waals surface area contributed by atoms with Crippen LogP contribution in [0.4, 0.5) is 10.1 Å². The first-order valence-electron chi connectivity index (χ1n) is 8.95. The van der Waals surface area contributed by atoms with Crippen LogP contribution in [-0.4, -0.2) is 15.3 Å². The van der Waals surface area contributed by atoms with Crippen LogP contribution in [0.25, 0.3) is 5.65 Å². The number of halogens is 2. The minimum Gasteiger partial charge on any atom is -0.489 e. The number of nitrogens with zero attached hydrogens (tertiary/aromatic N) is 2. The first-order chi connectivity index (χ1) is 14.0. The topological polar surface area (TPSA) is 55.6 Å². The van der Waals surface area contributed by atoms with Crippen LogP contribution in [-0.2, 0) is 17.8 Å². The number of pyridine rings is 1. The van der Waals surface area contributed by atoms with Gasteiger partial charge in [-0.1, -0.05) is 23.7 Å². The van der Waals surface area contributed by atoms with Gasteiger partial charge >= 0.3 is 0 Å². The SMILES string of the molecule is O=C(Cc1cn2cc(F)ccc2n1)Nc1ccc(OCc2ccc(Cl)cc2)cc1. The van der Waals surface area contributed by atoms with Crippen molar-refractivity contribution in [2.24, 2.45) is 0 Å². The lowest BCUT2D eigenvalue weighted by Gasteiger charge is -2.08. The molecule has 0 aliphatic carbocycles. The van der Waals surface area contributed by atoms with Crippen LogP contribution in [0.3, 0.4) is 0 Å². The van der Waals surface area contributed by atoms with Crippen molar-refractivity contribution in [2.45, 2.75) is 13.0 Å². The molecule has 0 aliphatic rings. The van der Waals surface area contributed by atoms with Crippen LogP contribution < -0.4 is 10.1 Å². The maximum absolute atomic E-state index is 13.3. The molecule has 1 N–H and O–H groups in total. The minimum absolute atomic E-state index is 0.0954. The Morgan fingerprint density at radius 3 is 2.55 bits per heavy atom. The fourth-order valence-electron chi connectivity index (χ4n) is 2.85. The molecule has 0 saturated carbocycles. The summed E-state index contributed by atoms with van der Waals surface area (Å²) in [6.45, 7) is 0.428. The number of carbonyl (C=O) groups excluding carboxylic acids is 1. The predicted octanol–water partition coefficient (Wildman–Crippen LogP) is 4.89. The number of benzene rings is 2. The standard InChI is InChI=1S/C22H17ClFN3O2/c23-16-3-1-15(2-4-16)14-29-20-8-6-18(7-9-20)26-22(28)11-19-13-27-12-17(24)5-10-21(27)25-19/h1-10,12-13H,11,14H2,(H,26,28). The van der Waals surface area contributed by atoms with E-state index in [-0.39, 0.29) is 18.1 Å². The molecular formula is C22H17ClFN3O2. The van der Waals surface area contributed by atoms with Crippen molar-refractivity contribution >= 4 is 28.8 Å². The van der Waals surface area contributed by atoms with E-state index in [0.717, 1.165) is 5.56 Å². The Hall–Kier alpha value is -3.38. The molecule has 0 spiro atoms. The van der Waals surface area contributed by atoms with E-state index in [9.17, 15) is 9.18 Å². The Bertz CT molecular complexity index is 1140. The van der Waals surface area contributed by atoms with E-state index >= 15 is 0 Å². The van der Waals surface area contributed by atoms with Crippen LogP contribution in [0.2, 0.25) is 5.02 Å². The van der Waals surface area contributed by atoms with E-state index in [0.29, 0.717) is 34.4 Å². The Balaban J connectivity index is 1.32. The number of fused-ring (bicyclic) bond motifs is 1. The molecule has 0 bridgehead atoms. The molecule has 0 atom stereocenters. The van der Waals surface area contributed by atoms with E-state index in [1.54, 1.807) is 40.9 Å². The number of carbonyl (C=O) groups is 1. The van der Waals surface area contributed by atoms with Gasteiger partial charge in [0.05, 0.1) is 12.1 Å². The molecule has 4 aromatic rings. The molecule has 146 valence electrons. The zero-order chi connectivity index (χ0) is 20.2.